The Kier molecular flexibility index (Phi) is 3.56. The van der Waals surface area contributed by atoms with Gasteiger partial charge in [0, 0.05) is 17.5 Å². The molecule has 0 saturated carbocycles. The van der Waals surface area contributed by atoms with E-state index < -0.39 is 17.7 Å². The van der Waals surface area contributed by atoms with Crippen LogP contribution in [0.1, 0.15) is 32.0 Å². The smallest absolute Gasteiger partial charge is 0.339 e. The highest BCUT2D eigenvalue weighted by Crippen LogP contribution is 2.20. The molecule has 0 saturated heterocycles. The van der Waals surface area contributed by atoms with Gasteiger partial charge in [-0.2, -0.15) is 0 Å². The molecule has 1 heterocycles. The third-order valence-corrected chi connectivity index (χ3v) is 2.98. The maximum absolute atomic E-state index is 13.2. The van der Waals surface area contributed by atoms with Crippen LogP contribution in [0.2, 0.25) is 0 Å². The van der Waals surface area contributed by atoms with Crippen molar-refractivity contribution in [1.82, 2.24) is 4.98 Å². The van der Waals surface area contributed by atoms with Crippen LogP contribution in [0, 0.1) is 19.7 Å². The summed E-state index contributed by atoms with van der Waals surface area (Å²) in [5.41, 5.74) is 1.35. The zero-order chi connectivity index (χ0) is 14.9. The minimum Gasteiger partial charge on any atom is -0.478 e. The lowest BCUT2D eigenvalue weighted by Crippen LogP contribution is -2.15. The Hall–Kier alpha value is -2.63. The number of hydrogen-bond acceptors (Lipinski definition) is 2. The Morgan fingerprint density at radius 1 is 1.30 bits per heavy atom. The van der Waals surface area contributed by atoms with Gasteiger partial charge in [-0.15, -0.1) is 0 Å². The number of aryl methyl sites for hydroxylation is 2. The minimum absolute atomic E-state index is 0.00703. The monoisotopic (exact) mass is 276 g/mol. The lowest BCUT2D eigenvalue weighted by atomic mass is 10.1. The van der Waals surface area contributed by atoms with Gasteiger partial charge in [-0.3, -0.25) is 4.79 Å². The molecule has 6 heteroatoms. The number of amides is 1. The molecule has 0 atom stereocenters. The summed E-state index contributed by atoms with van der Waals surface area (Å²) in [6.45, 7) is 3.27. The second-order valence-corrected chi connectivity index (χ2v) is 4.42. The Bertz CT molecular complexity index is 692. The van der Waals surface area contributed by atoms with Gasteiger partial charge in [0.05, 0.1) is 5.69 Å². The highest BCUT2D eigenvalue weighted by atomic mass is 19.1. The molecule has 0 spiro atoms. The molecule has 1 aromatic carbocycles. The molecular formula is C14H13FN2O3. The summed E-state index contributed by atoms with van der Waals surface area (Å²) < 4.78 is 13.2. The zero-order valence-corrected chi connectivity index (χ0v) is 11.0. The number of aromatic carboxylic acids is 1. The van der Waals surface area contributed by atoms with Crippen molar-refractivity contribution in [1.29, 1.82) is 0 Å². The van der Waals surface area contributed by atoms with Gasteiger partial charge in [-0.25, -0.2) is 9.18 Å². The topological polar surface area (TPSA) is 82.2 Å². The van der Waals surface area contributed by atoms with E-state index in [0.29, 0.717) is 11.3 Å². The van der Waals surface area contributed by atoms with Crippen molar-refractivity contribution in [3.63, 3.8) is 0 Å². The Morgan fingerprint density at radius 2 is 2.00 bits per heavy atom. The molecule has 0 aliphatic carbocycles. The first-order valence-corrected chi connectivity index (χ1v) is 5.89. The second kappa shape index (κ2) is 5.16. The molecule has 0 aliphatic heterocycles. The molecular weight excluding hydrogens is 263 g/mol. The van der Waals surface area contributed by atoms with Crippen LogP contribution in [-0.2, 0) is 0 Å². The third-order valence-electron chi connectivity index (χ3n) is 2.98. The van der Waals surface area contributed by atoms with Gasteiger partial charge in [-0.1, -0.05) is 6.07 Å². The molecule has 20 heavy (non-hydrogen) atoms. The van der Waals surface area contributed by atoms with E-state index in [-0.39, 0.29) is 16.8 Å². The lowest BCUT2D eigenvalue weighted by Gasteiger charge is -2.07. The summed E-state index contributed by atoms with van der Waals surface area (Å²) in [7, 11) is 0. The van der Waals surface area contributed by atoms with Crippen LogP contribution in [0.4, 0.5) is 10.1 Å². The fraction of sp³-hybridized carbons (Fsp3) is 0.143. The fourth-order valence-corrected chi connectivity index (χ4v) is 1.93. The van der Waals surface area contributed by atoms with E-state index in [0.717, 1.165) is 6.07 Å². The summed E-state index contributed by atoms with van der Waals surface area (Å²) >= 11 is 0. The average Bonchev–Trinajstić information content (AvgIpc) is 2.73. The van der Waals surface area contributed by atoms with E-state index >= 15 is 0 Å². The number of carboxylic acid groups (broad SMARTS) is 1. The van der Waals surface area contributed by atoms with E-state index in [4.69, 9.17) is 5.11 Å². The molecule has 104 valence electrons. The van der Waals surface area contributed by atoms with Crippen LogP contribution in [-0.4, -0.2) is 22.0 Å². The first kappa shape index (κ1) is 13.8. The number of benzene rings is 1. The number of rotatable bonds is 3. The highest BCUT2D eigenvalue weighted by Gasteiger charge is 2.18. The largest absolute Gasteiger partial charge is 0.478 e. The number of aromatic nitrogens is 1. The SMILES string of the molecule is Cc1ccc(F)cc1C(=O)Nc1c[nH]c(C)c1C(=O)O. The van der Waals surface area contributed by atoms with E-state index in [1.54, 1.807) is 13.8 Å². The summed E-state index contributed by atoms with van der Waals surface area (Å²) in [5, 5.41) is 11.6. The van der Waals surface area contributed by atoms with E-state index in [9.17, 15) is 14.0 Å². The molecule has 5 nitrogen and oxygen atoms in total. The molecule has 1 aromatic heterocycles. The molecule has 0 unspecified atom stereocenters. The van der Waals surface area contributed by atoms with Gasteiger partial charge < -0.3 is 15.4 Å². The number of H-pyrrole nitrogens is 1. The number of anilines is 1. The van der Waals surface area contributed by atoms with Crippen molar-refractivity contribution in [3.8, 4) is 0 Å². The quantitative estimate of drug-likeness (QED) is 0.806. The number of halogens is 1. The van der Waals surface area contributed by atoms with Gasteiger partial charge in [-0.05, 0) is 31.5 Å². The summed E-state index contributed by atoms with van der Waals surface area (Å²) in [4.78, 5) is 25.9. The number of nitrogens with one attached hydrogen (secondary N) is 2. The number of hydrogen-bond donors (Lipinski definition) is 3. The van der Waals surface area contributed by atoms with Crippen LogP contribution in [0.25, 0.3) is 0 Å². The Labute approximate surface area is 114 Å². The summed E-state index contributed by atoms with van der Waals surface area (Å²) in [6, 6.07) is 3.87. The number of aromatic amines is 1. The predicted octanol–water partition coefficient (Wildman–Crippen LogP) is 2.72. The van der Waals surface area contributed by atoms with Gasteiger partial charge in [0.2, 0.25) is 0 Å². The normalized spacial score (nSPS) is 10.3. The van der Waals surface area contributed by atoms with Crippen molar-refractivity contribution < 1.29 is 19.1 Å². The van der Waals surface area contributed by atoms with Crippen LogP contribution in [0.15, 0.2) is 24.4 Å². The standard InChI is InChI=1S/C14H13FN2O3/c1-7-3-4-9(15)5-10(7)13(18)17-11-6-16-8(2)12(11)14(19)20/h3-6,16H,1-2H3,(H,17,18)(H,19,20). The fourth-order valence-electron chi connectivity index (χ4n) is 1.93. The molecule has 0 fully saturated rings. The van der Waals surface area contributed by atoms with Crippen molar-refractivity contribution in [2.24, 2.45) is 0 Å². The van der Waals surface area contributed by atoms with Gasteiger partial charge in [0.15, 0.2) is 0 Å². The van der Waals surface area contributed by atoms with E-state index in [1.165, 1.54) is 18.3 Å². The Balaban J connectivity index is 2.33. The van der Waals surface area contributed by atoms with Crippen LogP contribution in [0.5, 0.6) is 0 Å². The maximum atomic E-state index is 13.2. The minimum atomic E-state index is -1.14. The number of carboxylic acids is 1. The first-order valence-electron chi connectivity index (χ1n) is 5.89. The number of carbonyl (C=O) groups excluding carboxylic acids is 1. The summed E-state index contributed by atoms with van der Waals surface area (Å²) in [5.74, 6) is -2.22. The summed E-state index contributed by atoms with van der Waals surface area (Å²) in [6.07, 6.45) is 1.39. The zero-order valence-electron chi connectivity index (χ0n) is 11.0. The van der Waals surface area contributed by atoms with Gasteiger partial charge >= 0.3 is 5.97 Å². The van der Waals surface area contributed by atoms with Crippen LogP contribution >= 0.6 is 0 Å². The maximum Gasteiger partial charge on any atom is 0.339 e. The van der Waals surface area contributed by atoms with Crippen molar-refractivity contribution >= 4 is 17.6 Å². The van der Waals surface area contributed by atoms with Gasteiger partial charge in [0.1, 0.15) is 11.4 Å². The molecule has 2 aromatic rings. The molecule has 2 rings (SSSR count). The predicted molar refractivity (Wildman–Crippen MR) is 71.6 cm³/mol. The first-order chi connectivity index (χ1) is 9.40. The lowest BCUT2D eigenvalue weighted by molar-refractivity contribution is 0.0697. The van der Waals surface area contributed by atoms with E-state index in [2.05, 4.69) is 10.3 Å². The number of carbonyl (C=O) groups is 2. The van der Waals surface area contributed by atoms with Crippen molar-refractivity contribution in [3.05, 3.63) is 52.6 Å². The molecule has 0 bridgehead atoms. The molecule has 1 amide bonds. The van der Waals surface area contributed by atoms with Crippen LogP contribution in [0.3, 0.4) is 0 Å². The second-order valence-electron chi connectivity index (χ2n) is 4.42. The van der Waals surface area contributed by atoms with Crippen molar-refractivity contribution in [2.75, 3.05) is 5.32 Å². The third kappa shape index (κ3) is 2.54. The van der Waals surface area contributed by atoms with Crippen LogP contribution < -0.4 is 5.32 Å². The van der Waals surface area contributed by atoms with Crippen molar-refractivity contribution in [2.45, 2.75) is 13.8 Å². The highest BCUT2D eigenvalue weighted by molar-refractivity contribution is 6.08. The molecule has 0 aliphatic rings. The molecule has 3 N–H and O–H groups in total. The van der Waals surface area contributed by atoms with Gasteiger partial charge in [0.25, 0.3) is 5.91 Å². The average molecular weight is 276 g/mol. The molecule has 0 radical (unpaired) electrons. The Morgan fingerprint density at radius 3 is 2.65 bits per heavy atom. The van der Waals surface area contributed by atoms with E-state index in [1.807, 2.05) is 0 Å².